The zero-order chi connectivity index (χ0) is 15.4. The zero-order valence-electron chi connectivity index (χ0n) is 11.8. The zero-order valence-corrected chi connectivity index (χ0v) is 11.8. The van der Waals surface area contributed by atoms with Crippen molar-refractivity contribution in [2.45, 2.75) is 26.3 Å². The molecule has 0 spiro atoms. The van der Waals surface area contributed by atoms with Gasteiger partial charge < -0.3 is 14.8 Å². The van der Waals surface area contributed by atoms with Gasteiger partial charge in [0.15, 0.2) is 6.39 Å². The van der Waals surface area contributed by atoms with Crippen molar-refractivity contribution in [3.05, 3.63) is 53.2 Å². The number of rotatable bonds is 5. The van der Waals surface area contributed by atoms with Crippen LogP contribution in [-0.2, 0) is 4.79 Å². The fraction of sp³-hybridized carbons (Fsp3) is 0.267. The van der Waals surface area contributed by atoms with Crippen molar-refractivity contribution < 1.29 is 19.1 Å². The number of nitrogens with one attached hydrogen (secondary N) is 1. The van der Waals surface area contributed by atoms with Crippen molar-refractivity contribution in [1.29, 1.82) is 0 Å². The van der Waals surface area contributed by atoms with E-state index in [0.29, 0.717) is 5.69 Å². The van der Waals surface area contributed by atoms with Gasteiger partial charge in [-0.25, -0.2) is 4.98 Å². The molecule has 0 saturated heterocycles. The summed E-state index contributed by atoms with van der Waals surface area (Å²) in [6.45, 7) is 3.52. The van der Waals surface area contributed by atoms with Gasteiger partial charge in [-0.1, -0.05) is 24.3 Å². The summed E-state index contributed by atoms with van der Waals surface area (Å²) in [5, 5.41) is 11.7. The van der Waals surface area contributed by atoms with E-state index in [-0.39, 0.29) is 12.2 Å². The topological polar surface area (TPSA) is 92.4 Å². The summed E-state index contributed by atoms with van der Waals surface area (Å²) in [5.41, 5.74) is 2.15. The van der Waals surface area contributed by atoms with Gasteiger partial charge in [0.2, 0.25) is 5.76 Å². The molecule has 2 aromatic rings. The van der Waals surface area contributed by atoms with Gasteiger partial charge in [0.05, 0.1) is 18.2 Å². The molecule has 1 aromatic carbocycles. The molecule has 0 fully saturated rings. The standard InChI is InChI=1S/C15H16N2O4/c1-9-5-3-4-6-11(9)12(7-13(18)19)17-15(20)14-10(2)16-8-21-14/h3-6,8,12H,7H2,1-2H3,(H,17,20)(H,18,19). The van der Waals surface area contributed by atoms with Crippen LogP contribution < -0.4 is 5.32 Å². The molecule has 2 rings (SSSR count). The summed E-state index contributed by atoms with van der Waals surface area (Å²) < 4.78 is 5.03. The molecule has 1 heterocycles. The van der Waals surface area contributed by atoms with Gasteiger partial charge >= 0.3 is 5.97 Å². The van der Waals surface area contributed by atoms with Crippen LogP contribution in [0.3, 0.4) is 0 Å². The summed E-state index contributed by atoms with van der Waals surface area (Å²) >= 11 is 0. The van der Waals surface area contributed by atoms with E-state index in [1.165, 1.54) is 6.39 Å². The lowest BCUT2D eigenvalue weighted by Crippen LogP contribution is -2.30. The van der Waals surface area contributed by atoms with Gasteiger partial charge in [-0.3, -0.25) is 9.59 Å². The Bertz CT molecular complexity index is 663. The van der Waals surface area contributed by atoms with Crippen molar-refractivity contribution in [3.8, 4) is 0 Å². The normalized spacial score (nSPS) is 11.9. The molecule has 6 heteroatoms. The number of aliphatic carboxylic acids is 1. The monoisotopic (exact) mass is 288 g/mol. The number of carbonyl (C=O) groups excluding carboxylic acids is 1. The lowest BCUT2D eigenvalue weighted by atomic mass is 9.98. The maximum atomic E-state index is 12.2. The lowest BCUT2D eigenvalue weighted by molar-refractivity contribution is -0.137. The van der Waals surface area contributed by atoms with E-state index in [2.05, 4.69) is 10.3 Å². The molecule has 1 amide bonds. The molecular formula is C15H16N2O4. The van der Waals surface area contributed by atoms with Gasteiger partial charge in [-0.2, -0.15) is 0 Å². The van der Waals surface area contributed by atoms with Gasteiger partial charge in [-0.15, -0.1) is 0 Å². The Morgan fingerprint density at radius 3 is 2.62 bits per heavy atom. The number of nitrogens with zero attached hydrogens (tertiary/aromatic N) is 1. The highest BCUT2D eigenvalue weighted by Crippen LogP contribution is 2.21. The number of hydrogen-bond donors (Lipinski definition) is 2. The molecule has 0 bridgehead atoms. The maximum Gasteiger partial charge on any atom is 0.305 e. The number of aromatic nitrogens is 1. The molecule has 0 aliphatic heterocycles. The average Bonchev–Trinajstić information content (AvgIpc) is 2.84. The first-order valence-corrected chi connectivity index (χ1v) is 6.47. The molecule has 110 valence electrons. The van der Waals surface area contributed by atoms with Gasteiger partial charge in [-0.05, 0) is 25.0 Å². The first-order chi connectivity index (χ1) is 9.99. The fourth-order valence-electron chi connectivity index (χ4n) is 2.13. The van der Waals surface area contributed by atoms with Crippen LogP contribution in [-0.4, -0.2) is 22.0 Å². The third kappa shape index (κ3) is 3.47. The second-order valence-corrected chi connectivity index (χ2v) is 4.75. The number of carbonyl (C=O) groups is 2. The molecule has 6 nitrogen and oxygen atoms in total. The lowest BCUT2D eigenvalue weighted by Gasteiger charge is -2.18. The molecular weight excluding hydrogens is 272 g/mol. The minimum absolute atomic E-state index is 0.0963. The SMILES string of the molecule is Cc1ccccc1C(CC(=O)O)NC(=O)c1ocnc1C. The molecule has 0 aliphatic rings. The van der Waals surface area contributed by atoms with Crippen molar-refractivity contribution in [3.63, 3.8) is 0 Å². The molecule has 1 unspecified atom stereocenters. The highest BCUT2D eigenvalue weighted by molar-refractivity contribution is 5.92. The Morgan fingerprint density at radius 2 is 2.05 bits per heavy atom. The number of hydrogen-bond acceptors (Lipinski definition) is 4. The van der Waals surface area contributed by atoms with E-state index in [1.54, 1.807) is 13.0 Å². The van der Waals surface area contributed by atoms with E-state index < -0.39 is 17.9 Å². The van der Waals surface area contributed by atoms with Gasteiger partial charge in [0.25, 0.3) is 5.91 Å². The number of benzene rings is 1. The van der Waals surface area contributed by atoms with Crippen molar-refractivity contribution in [2.75, 3.05) is 0 Å². The van der Waals surface area contributed by atoms with Crippen LogP contribution in [0.25, 0.3) is 0 Å². The average molecular weight is 288 g/mol. The molecule has 2 N–H and O–H groups in total. The van der Waals surface area contributed by atoms with Crippen molar-refractivity contribution in [2.24, 2.45) is 0 Å². The van der Waals surface area contributed by atoms with E-state index in [9.17, 15) is 9.59 Å². The predicted octanol–water partition coefficient (Wildman–Crippen LogP) is 2.24. The van der Waals surface area contributed by atoms with E-state index in [0.717, 1.165) is 11.1 Å². The second-order valence-electron chi connectivity index (χ2n) is 4.75. The summed E-state index contributed by atoms with van der Waals surface area (Å²) in [4.78, 5) is 27.1. The minimum Gasteiger partial charge on any atom is -0.481 e. The first-order valence-electron chi connectivity index (χ1n) is 6.47. The number of aryl methyl sites for hydroxylation is 2. The maximum absolute atomic E-state index is 12.2. The number of amides is 1. The van der Waals surface area contributed by atoms with Crippen LogP contribution in [0.1, 0.15) is 39.8 Å². The summed E-state index contributed by atoms with van der Waals surface area (Å²) in [6, 6.07) is 6.72. The molecule has 0 aliphatic carbocycles. The van der Waals surface area contributed by atoms with Crippen LogP contribution in [0, 0.1) is 13.8 Å². The summed E-state index contributed by atoms with van der Waals surface area (Å²) in [5.74, 6) is -1.36. The number of carboxylic acid groups (broad SMARTS) is 1. The van der Waals surface area contributed by atoms with Gasteiger partial charge in [0, 0.05) is 0 Å². The molecule has 1 atom stereocenters. The smallest absolute Gasteiger partial charge is 0.305 e. The van der Waals surface area contributed by atoms with Crippen molar-refractivity contribution in [1.82, 2.24) is 10.3 Å². The Balaban J connectivity index is 2.25. The Hall–Kier alpha value is -2.63. The Kier molecular flexibility index (Phi) is 4.37. The van der Waals surface area contributed by atoms with Crippen molar-refractivity contribution >= 4 is 11.9 Å². The molecule has 1 aromatic heterocycles. The largest absolute Gasteiger partial charge is 0.481 e. The van der Waals surface area contributed by atoms with E-state index in [4.69, 9.17) is 9.52 Å². The van der Waals surface area contributed by atoms with Crippen LogP contribution >= 0.6 is 0 Å². The highest BCUT2D eigenvalue weighted by atomic mass is 16.4. The highest BCUT2D eigenvalue weighted by Gasteiger charge is 2.22. The fourth-order valence-corrected chi connectivity index (χ4v) is 2.13. The molecule has 21 heavy (non-hydrogen) atoms. The number of oxazole rings is 1. The van der Waals surface area contributed by atoms with Gasteiger partial charge in [0.1, 0.15) is 0 Å². The third-order valence-corrected chi connectivity index (χ3v) is 3.20. The molecule has 0 saturated carbocycles. The quantitative estimate of drug-likeness (QED) is 0.880. The Morgan fingerprint density at radius 1 is 1.33 bits per heavy atom. The van der Waals surface area contributed by atoms with Crippen LogP contribution in [0.4, 0.5) is 0 Å². The predicted molar refractivity (Wildman–Crippen MR) is 74.9 cm³/mol. The van der Waals surface area contributed by atoms with Crippen LogP contribution in [0.2, 0.25) is 0 Å². The Labute approximate surface area is 121 Å². The van der Waals surface area contributed by atoms with E-state index >= 15 is 0 Å². The number of carboxylic acids is 1. The van der Waals surface area contributed by atoms with E-state index in [1.807, 2.05) is 25.1 Å². The van der Waals surface area contributed by atoms with Crippen LogP contribution in [0.5, 0.6) is 0 Å². The van der Waals surface area contributed by atoms with Crippen LogP contribution in [0.15, 0.2) is 35.1 Å². The minimum atomic E-state index is -0.988. The third-order valence-electron chi connectivity index (χ3n) is 3.20. The summed E-state index contributed by atoms with van der Waals surface area (Å²) in [6.07, 6.45) is 0.980. The summed E-state index contributed by atoms with van der Waals surface area (Å²) in [7, 11) is 0. The molecule has 0 radical (unpaired) electrons. The second kappa shape index (κ2) is 6.21. The first kappa shape index (κ1) is 14.8.